The predicted molar refractivity (Wildman–Crippen MR) is 85.2 cm³/mol. The number of carbonyl (C=O) groups is 1. The van der Waals surface area contributed by atoms with Crippen LogP contribution in [0.4, 0.5) is 13.6 Å². The van der Waals surface area contributed by atoms with Crippen molar-refractivity contribution in [2.24, 2.45) is 0 Å². The quantitative estimate of drug-likeness (QED) is 0.448. The van der Waals surface area contributed by atoms with E-state index in [4.69, 9.17) is 5.73 Å². The maximum absolute atomic E-state index is 13.2. The second kappa shape index (κ2) is 9.15. The van der Waals surface area contributed by atoms with Crippen LogP contribution in [0.5, 0.6) is 0 Å². The molecule has 0 aliphatic carbocycles. The molecule has 0 saturated carbocycles. The van der Waals surface area contributed by atoms with E-state index < -0.39 is 17.7 Å². The third kappa shape index (κ3) is 5.55. The van der Waals surface area contributed by atoms with Crippen LogP contribution in [0.25, 0.3) is 17.0 Å². The summed E-state index contributed by atoms with van der Waals surface area (Å²) in [6.45, 7) is 3.53. The number of carbonyl (C=O) groups excluding carboxylic acids is 1. The van der Waals surface area contributed by atoms with Crippen LogP contribution >= 0.6 is 0 Å². The number of pyridine rings is 1. The number of aromatic nitrogens is 3. The molecule has 2 aromatic heterocycles. The molecule has 0 aliphatic rings. The molecule has 1 radical (unpaired) electrons. The Morgan fingerprint density at radius 1 is 1.24 bits per heavy atom. The number of nitrogens with zero attached hydrogens (tertiary/aromatic N) is 3. The molecule has 0 fully saturated rings. The Morgan fingerprint density at radius 3 is 2.40 bits per heavy atom. The Labute approximate surface area is 157 Å². The summed E-state index contributed by atoms with van der Waals surface area (Å²) < 4.78 is 26.9. The van der Waals surface area contributed by atoms with Crippen LogP contribution in [0.2, 0.25) is 0 Å². The summed E-state index contributed by atoms with van der Waals surface area (Å²) in [5, 5.41) is 3.79. The van der Waals surface area contributed by atoms with Gasteiger partial charge in [0.05, 0.1) is 0 Å². The van der Waals surface area contributed by atoms with Crippen molar-refractivity contribution in [2.75, 3.05) is 0 Å². The molecule has 1 N–H and O–H groups in total. The van der Waals surface area contributed by atoms with Gasteiger partial charge in [0.2, 0.25) is 0 Å². The summed E-state index contributed by atoms with van der Waals surface area (Å²) in [6.07, 6.45) is 1.55. The third-order valence-corrected chi connectivity index (χ3v) is 2.98. The molecule has 0 saturated heterocycles. The maximum Gasteiger partial charge on any atom is 0.172 e. The second-order valence-electron chi connectivity index (χ2n) is 4.90. The minimum atomic E-state index is -0.786. The van der Waals surface area contributed by atoms with E-state index in [0.29, 0.717) is 11.4 Å². The van der Waals surface area contributed by atoms with E-state index in [1.165, 1.54) is 0 Å². The molecule has 3 rings (SSSR count). The first-order chi connectivity index (χ1) is 11.4. The Hall–Kier alpha value is -2.44. The molecule has 0 aliphatic heterocycles. The monoisotopic (exact) mass is 521 g/mol. The van der Waals surface area contributed by atoms with E-state index in [9.17, 15) is 13.6 Å². The fraction of sp³-hybridized carbons (Fsp3) is 0.118. The largest absolute Gasteiger partial charge is 0.446 e. The maximum atomic E-state index is 13.2. The number of aryl methyl sites for hydroxylation is 2. The van der Waals surface area contributed by atoms with E-state index in [1.54, 1.807) is 44.3 Å². The SMILES string of the molecule is Cc1cc(C)n(C([NH-])=O)n1.Fc1c[c-]c(-c2ccccn2)c(F)c1.[Ir]. The van der Waals surface area contributed by atoms with E-state index in [1.807, 2.05) is 0 Å². The molecule has 1 aromatic carbocycles. The first kappa shape index (κ1) is 20.6. The van der Waals surface area contributed by atoms with Gasteiger partial charge in [0.15, 0.2) is 6.03 Å². The molecule has 25 heavy (non-hydrogen) atoms. The Morgan fingerprint density at radius 2 is 1.96 bits per heavy atom. The summed E-state index contributed by atoms with van der Waals surface area (Å²) in [5.74, 6) is -1.29. The number of nitrogens with one attached hydrogen (secondary N) is 1. The van der Waals surface area contributed by atoms with Crippen molar-refractivity contribution >= 4 is 6.03 Å². The van der Waals surface area contributed by atoms with Crippen molar-refractivity contribution < 1.29 is 33.7 Å². The molecular weight excluding hydrogens is 506 g/mol. The minimum Gasteiger partial charge on any atom is -0.446 e. The number of halogens is 2. The Balaban J connectivity index is 0.000000254. The van der Waals surface area contributed by atoms with Crippen molar-refractivity contribution in [3.63, 3.8) is 0 Å². The average Bonchev–Trinajstić information content (AvgIpc) is 2.88. The topological polar surface area (TPSA) is 71.6 Å². The molecule has 0 bridgehead atoms. The van der Waals surface area contributed by atoms with Crippen molar-refractivity contribution in [1.29, 1.82) is 0 Å². The zero-order valence-electron chi connectivity index (χ0n) is 13.4. The van der Waals surface area contributed by atoms with Gasteiger partial charge >= 0.3 is 0 Å². The van der Waals surface area contributed by atoms with Gasteiger partial charge in [-0.1, -0.05) is 23.8 Å². The van der Waals surface area contributed by atoms with E-state index in [2.05, 4.69) is 16.1 Å². The number of benzene rings is 1. The first-order valence-electron chi connectivity index (χ1n) is 6.96. The zero-order valence-corrected chi connectivity index (χ0v) is 15.8. The van der Waals surface area contributed by atoms with Gasteiger partial charge in [-0.3, -0.25) is 18.7 Å². The van der Waals surface area contributed by atoms with Gasteiger partial charge < -0.3 is 15.4 Å². The molecule has 5 nitrogen and oxygen atoms in total. The van der Waals surface area contributed by atoms with Gasteiger partial charge in [0.25, 0.3) is 0 Å². The summed E-state index contributed by atoms with van der Waals surface area (Å²) in [6, 6.07) is 10.5. The van der Waals surface area contributed by atoms with Crippen LogP contribution in [0, 0.1) is 31.5 Å². The molecule has 3 aromatic rings. The molecule has 2 heterocycles. The summed E-state index contributed by atoms with van der Waals surface area (Å²) in [5.41, 5.74) is 8.84. The molecule has 1 amide bonds. The molecule has 0 atom stereocenters. The smallest absolute Gasteiger partial charge is 0.172 e. The molecule has 133 valence electrons. The number of hydrogen-bond donors (Lipinski definition) is 0. The van der Waals surface area contributed by atoms with Crippen LogP contribution < -0.4 is 0 Å². The van der Waals surface area contributed by atoms with Gasteiger partial charge in [-0.25, -0.2) is 0 Å². The van der Waals surface area contributed by atoms with Gasteiger partial charge in [0, 0.05) is 43.6 Å². The average molecular weight is 521 g/mol. The van der Waals surface area contributed by atoms with Crippen molar-refractivity contribution in [3.05, 3.63) is 77.4 Å². The van der Waals surface area contributed by atoms with Gasteiger partial charge in [0.1, 0.15) is 0 Å². The number of amides is 1. The van der Waals surface area contributed by atoms with Gasteiger partial charge in [-0.15, -0.1) is 12.1 Å². The summed E-state index contributed by atoms with van der Waals surface area (Å²) in [7, 11) is 0. The van der Waals surface area contributed by atoms with E-state index in [0.717, 1.165) is 22.5 Å². The predicted octanol–water partition coefficient (Wildman–Crippen LogP) is 4.34. The van der Waals surface area contributed by atoms with Crippen LogP contribution in [0.15, 0.2) is 42.6 Å². The second-order valence-corrected chi connectivity index (χ2v) is 4.90. The zero-order chi connectivity index (χ0) is 17.7. The number of rotatable bonds is 1. The molecular formula is C17H14F2IrN4O-2. The number of hydrogen-bond acceptors (Lipinski definition) is 3. The Bertz CT molecular complexity index is 853. The van der Waals surface area contributed by atoms with Crippen molar-refractivity contribution in [2.45, 2.75) is 13.8 Å². The summed E-state index contributed by atoms with van der Waals surface area (Å²) >= 11 is 0. The van der Waals surface area contributed by atoms with Gasteiger partial charge in [-0.2, -0.15) is 0 Å². The minimum absolute atomic E-state index is 0. The third-order valence-electron chi connectivity index (χ3n) is 2.98. The fourth-order valence-electron chi connectivity index (χ4n) is 1.99. The van der Waals surface area contributed by atoms with Crippen LogP contribution in [0.1, 0.15) is 11.4 Å². The van der Waals surface area contributed by atoms with Crippen molar-refractivity contribution in [3.8, 4) is 11.3 Å². The van der Waals surface area contributed by atoms with Crippen LogP contribution in [-0.2, 0) is 20.1 Å². The van der Waals surface area contributed by atoms with Crippen LogP contribution in [0.3, 0.4) is 0 Å². The fourth-order valence-corrected chi connectivity index (χ4v) is 1.99. The summed E-state index contributed by atoms with van der Waals surface area (Å²) in [4.78, 5) is 14.4. The molecule has 0 unspecified atom stereocenters. The normalized spacial score (nSPS) is 9.60. The first-order valence-corrected chi connectivity index (χ1v) is 6.96. The van der Waals surface area contributed by atoms with E-state index >= 15 is 0 Å². The van der Waals surface area contributed by atoms with Crippen molar-refractivity contribution in [1.82, 2.24) is 14.8 Å². The molecule has 8 heteroatoms. The Kier molecular flexibility index (Phi) is 7.54. The van der Waals surface area contributed by atoms with Gasteiger partial charge in [-0.05, 0) is 37.4 Å². The standard InChI is InChI=1S/C11H6F2N.C6H9N3O.Ir/c12-8-4-5-9(10(13)7-8)11-3-1-2-6-14-11;1-4-3-5(2)9(8-4)6(7)10;/h1-4,6-7H;3H,1-2H3,(H2,7,10);/q-1;;/p-1. The van der Waals surface area contributed by atoms with E-state index in [-0.39, 0.29) is 25.7 Å². The van der Waals surface area contributed by atoms with Crippen LogP contribution in [-0.4, -0.2) is 20.8 Å². The molecule has 0 spiro atoms.